The molecular weight excluding hydrogens is 321 g/mol. The van der Waals surface area contributed by atoms with E-state index in [4.69, 9.17) is 15.8 Å². The van der Waals surface area contributed by atoms with Crippen molar-refractivity contribution in [2.24, 2.45) is 0 Å². The van der Waals surface area contributed by atoms with E-state index in [1.165, 1.54) is 0 Å². The van der Waals surface area contributed by atoms with E-state index in [1.807, 2.05) is 0 Å². The number of pyridine rings is 1. The maximum Gasteiger partial charge on any atom is 0.573 e. The summed E-state index contributed by atoms with van der Waals surface area (Å²) in [4.78, 5) is 12.0. The number of ether oxygens (including phenoxy) is 1. The number of nitrogens with zero attached hydrogens (tertiary/aromatic N) is 2. The van der Waals surface area contributed by atoms with Crippen molar-refractivity contribution in [3.05, 3.63) is 16.3 Å². The molecule has 0 aliphatic heterocycles. The molecule has 1 heterocycles. The van der Waals surface area contributed by atoms with Crippen LogP contribution in [0.4, 0.5) is 18.9 Å². The molecule has 0 aliphatic carbocycles. The van der Waals surface area contributed by atoms with Gasteiger partial charge in [-0.1, -0.05) is 0 Å². The molecule has 0 unspecified atom stereocenters. The van der Waals surface area contributed by atoms with Crippen LogP contribution < -0.4 is 4.74 Å². The van der Waals surface area contributed by atoms with Gasteiger partial charge in [-0.05, 0) is 0 Å². The Morgan fingerprint density at radius 2 is 2.00 bits per heavy atom. The van der Waals surface area contributed by atoms with Gasteiger partial charge in [0, 0.05) is 10.7 Å². The summed E-state index contributed by atoms with van der Waals surface area (Å²) in [5.74, 6) is -3.08. The van der Waals surface area contributed by atoms with Gasteiger partial charge in [0.15, 0.2) is 5.75 Å². The molecule has 8 nitrogen and oxygen atoms in total. The third-order valence-corrected chi connectivity index (χ3v) is 2.78. The number of halogens is 4. The van der Waals surface area contributed by atoms with Crippen LogP contribution in [-0.2, 0) is 9.05 Å². The van der Waals surface area contributed by atoms with E-state index in [-0.39, 0.29) is 6.20 Å². The van der Waals surface area contributed by atoms with Crippen molar-refractivity contribution >= 4 is 25.4 Å². The van der Waals surface area contributed by atoms with Gasteiger partial charge in [0.05, 0.1) is 11.1 Å². The monoisotopic (exact) mass is 322 g/mol. The first-order chi connectivity index (χ1) is 8.43. The van der Waals surface area contributed by atoms with Crippen LogP contribution in [0.5, 0.6) is 11.5 Å². The van der Waals surface area contributed by atoms with Gasteiger partial charge < -0.3 is 9.84 Å². The highest BCUT2D eigenvalue weighted by Gasteiger charge is 2.40. The standard InChI is InChI=1S/C6H2ClF3N2O6S/c7-19(16,17)5-3(12(14)15)4(2(13)1-11-5)18-6(8,9)10/h1,13H. The number of hydrogen-bond donors (Lipinski definition) is 1. The van der Waals surface area contributed by atoms with Gasteiger partial charge in [0.1, 0.15) is 0 Å². The molecule has 0 bridgehead atoms. The smallest absolute Gasteiger partial charge is 0.503 e. The maximum atomic E-state index is 12.0. The summed E-state index contributed by atoms with van der Waals surface area (Å²) in [5, 5.41) is 18.2. The van der Waals surface area contributed by atoms with E-state index in [0.29, 0.717) is 0 Å². The zero-order valence-corrected chi connectivity index (χ0v) is 9.95. The molecule has 1 rings (SSSR count). The lowest BCUT2D eigenvalue weighted by atomic mass is 10.3. The maximum absolute atomic E-state index is 12.0. The van der Waals surface area contributed by atoms with Crippen molar-refractivity contribution in [2.75, 3.05) is 0 Å². The molecule has 1 aromatic heterocycles. The fourth-order valence-electron chi connectivity index (χ4n) is 1.01. The Morgan fingerprint density at radius 1 is 1.47 bits per heavy atom. The average Bonchev–Trinajstić information content (AvgIpc) is 2.16. The molecule has 0 aliphatic rings. The third kappa shape index (κ3) is 3.57. The van der Waals surface area contributed by atoms with Crippen molar-refractivity contribution in [1.29, 1.82) is 0 Å². The summed E-state index contributed by atoms with van der Waals surface area (Å²) in [6.45, 7) is 0. The predicted octanol–water partition coefficient (Wildman–Crippen LogP) is 1.52. The predicted molar refractivity (Wildman–Crippen MR) is 52.3 cm³/mol. The van der Waals surface area contributed by atoms with Gasteiger partial charge in [-0.2, -0.15) is 0 Å². The Bertz CT molecular complexity index is 631. The number of nitro groups is 1. The van der Waals surface area contributed by atoms with Crippen LogP contribution in [0, 0.1) is 10.1 Å². The average molecular weight is 323 g/mol. The van der Waals surface area contributed by atoms with E-state index in [9.17, 15) is 31.7 Å². The minimum absolute atomic E-state index is 0.226. The molecule has 1 aromatic rings. The van der Waals surface area contributed by atoms with Crippen LogP contribution in [0.15, 0.2) is 11.2 Å². The molecule has 0 saturated carbocycles. The molecule has 0 amide bonds. The summed E-state index contributed by atoms with van der Waals surface area (Å²) in [6.07, 6.45) is -5.17. The van der Waals surface area contributed by atoms with Crippen molar-refractivity contribution in [2.45, 2.75) is 11.4 Å². The Hall–Kier alpha value is -1.82. The summed E-state index contributed by atoms with van der Waals surface area (Å²) in [5.41, 5.74) is -1.72. The molecule has 0 radical (unpaired) electrons. The van der Waals surface area contributed by atoms with Gasteiger partial charge >= 0.3 is 12.0 Å². The van der Waals surface area contributed by atoms with Gasteiger partial charge in [0.2, 0.25) is 0 Å². The van der Waals surface area contributed by atoms with Gasteiger partial charge in [0.25, 0.3) is 19.8 Å². The third-order valence-electron chi connectivity index (χ3n) is 1.59. The number of rotatable bonds is 3. The van der Waals surface area contributed by atoms with Gasteiger partial charge in [-0.3, -0.25) is 10.1 Å². The van der Waals surface area contributed by atoms with Crippen LogP contribution >= 0.6 is 10.7 Å². The van der Waals surface area contributed by atoms with Crippen LogP contribution in [0.3, 0.4) is 0 Å². The zero-order valence-electron chi connectivity index (χ0n) is 8.38. The van der Waals surface area contributed by atoms with Crippen molar-refractivity contribution in [1.82, 2.24) is 4.98 Å². The SMILES string of the molecule is O=[N+]([O-])c1c(S(=O)(=O)Cl)ncc(O)c1OC(F)(F)F. The molecule has 0 aromatic carbocycles. The Balaban J connectivity index is 3.66. The van der Waals surface area contributed by atoms with Gasteiger partial charge in [-0.25, -0.2) is 13.4 Å². The highest BCUT2D eigenvalue weighted by atomic mass is 35.7. The van der Waals surface area contributed by atoms with E-state index >= 15 is 0 Å². The topological polar surface area (TPSA) is 120 Å². The largest absolute Gasteiger partial charge is 0.573 e. The normalized spacial score (nSPS) is 12.2. The molecule has 19 heavy (non-hydrogen) atoms. The summed E-state index contributed by atoms with van der Waals surface area (Å²) in [7, 11) is -0.0222. The number of aromatic hydroxyl groups is 1. The van der Waals surface area contributed by atoms with Crippen molar-refractivity contribution < 1.29 is 36.4 Å². The first-order valence-corrected chi connectivity index (χ1v) is 6.31. The number of aromatic nitrogens is 1. The summed E-state index contributed by atoms with van der Waals surface area (Å²) >= 11 is 0. The molecule has 1 N–H and O–H groups in total. The van der Waals surface area contributed by atoms with Crippen molar-refractivity contribution in [3.63, 3.8) is 0 Å². The molecule has 0 spiro atoms. The summed E-state index contributed by atoms with van der Waals surface area (Å²) in [6, 6.07) is 0. The number of hydrogen-bond acceptors (Lipinski definition) is 7. The zero-order chi connectivity index (χ0) is 15.0. The Labute approximate surface area is 107 Å². The fourth-order valence-corrected chi connectivity index (χ4v) is 1.93. The lowest BCUT2D eigenvalue weighted by Gasteiger charge is -2.11. The minimum atomic E-state index is -5.39. The Kier molecular flexibility index (Phi) is 3.77. The van der Waals surface area contributed by atoms with E-state index in [0.717, 1.165) is 0 Å². The lowest BCUT2D eigenvalue weighted by molar-refractivity contribution is -0.392. The molecule has 13 heteroatoms. The Morgan fingerprint density at radius 3 is 2.37 bits per heavy atom. The second-order valence-corrected chi connectivity index (χ2v) is 5.35. The number of alkyl halides is 3. The van der Waals surface area contributed by atoms with Crippen LogP contribution in [0.2, 0.25) is 0 Å². The van der Waals surface area contributed by atoms with Crippen molar-refractivity contribution in [3.8, 4) is 11.5 Å². The second-order valence-electron chi connectivity index (χ2n) is 2.87. The second kappa shape index (κ2) is 4.70. The molecule has 0 saturated heterocycles. The first-order valence-electron chi connectivity index (χ1n) is 4.00. The quantitative estimate of drug-likeness (QED) is 0.509. The molecule has 106 valence electrons. The van der Waals surface area contributed by atoms with E-state index in [1.54, 1.807) is 0 Å². The highest BCUT2D eigenvalue weighted by Crippen LogP contribution is 2.42. The van der Waals surface area contributed by atoms with Gasteiger partial charge in [-0.15, -0.1) is 13.2 Å². The van der Waals surface area contributed by atoms with Crippen LogP contribution in [-0.4, -0.2) is 29.8 Å². The van der Waals surface area contributed by atoms with Crippen LogP contribution in [0.25, 0.3) is 0 Å². The van der Waals surface area contributed by atoms with Crippen LogP contribution in [0.1, 0.15) is 0 Å². The lowest BCUT2D eigenvalue weighted by Crippen LogP contribution is -2.19. The molecular formula is C6H2ClF3N2O6S. The summed E-state index contributed by atoms with van der Waals surface area (Å²) < 4.78 is 61.2. The first kappa shape index (κ1) is 15.2. The molecule has 0 atom stereocenters. The highest BCUT2D eigenvalue weighted by molar-refractivity contribution is 8.13. The molecule has 0 fully saturated rings. The van der Waals surface area contributed by atoms with E-state index in [2.05, 4.69) is 9.72 Å². The minimum Gasteiger partial charge on any atom is -0.503 e. The van der Waals surface area contributed by atoms with E-state index < -0.39 is 42.5 Å². The fraction of sp³-hybridized carbons (Fsp3) is 0.167.